The summed E-state index contributed by atoms with van der Waals surface area (Å²) in [5.41, 5.74) is 10.6. The molecule has 0 radical (unpaired) electrons. The average molecular weight is 340 g/mol. The number of halogens is 1. The first-order valence-electron chi connectivity index (χ1n) is 7.87. The monoisotopic (exact) mass is 339 g/mol. The lowest BCUT2D eigenvalue weighted by Crippen LogP contribution is -2.28. The number of aliphatic hydroxyl groups is 1. The predicted octanol–water partition coefficient (Wildman–Crippen LogP) is 4.38. The zero-order valence-electron chi connectivity index (χ0n) is 13.4. The minimum Gasteiger partial charge on any atom is -0.391 e. The SMILES string of the molecule is Cl.N[C@H](c1ccc(-c2ccccc2)cc1)[C@@H](O)Cc1ccccc1. The summed E-state index contributed by atoms with van der Waals surface area (Å²) in [6.07, 6.45) is -0.0393. The highest BCUT2D eigenvalue weighted by Gasteiger charge is 2.17. The van der Waals surface area contributed by atoms with E-state index in [1.54, 1.807) is 0 Å². The van der Waals surface area contributed by atoms with Crippen LogP contribution in [-0.4, -0.2) is 11.2 Å². The topological polar surface area (TPSA) is 46.2 Å². The van der Waals surface area contributed by atoms with Gasteiger partial charge in [0.15, 0.2) is 0 Å². The fourth-order valence-corrected chi connectivity index (χ4v) is 2.73. The zero-order chi connectivity index (χ0) is 16.1. The van der Waals surface area contributed by atoms with Crippen molar-refractivity contribution in [1.82, 2.24) is 0 Å². The molecule has 0 aromatic heterocycles. The Hall–Kier alpha value is -2.13. The smallest absolute Gasteiger partial charge is 0.0773 e. The van der Waals surface area contributed by atoms with E-state index in [1.807, 2.05) is 60.7 Å². The van der Waals surface area contributed by atoms with E-state index in [1.165, 1.54) is 5.56 Å². The van der Waals surface area contributed by atoms with E-state index in [0.717, 1.165) is 16.7 Å². The van der Waals surface area contributed by atoms with Gasteiger partial charge in [0.1, 0.15) is 0 Å². The van der Waals surface area contributed by atoms with Crippen molar-refractivity contribution in [2.45, 2.75) is 18.6 Å². The molecule has 3 aromatic rings. The number of hydrogen-bond donors (Lipinski definition) is 2. The first-order chi connectivity index (χ1) is 11.2. The molecule has 124 valence electrons. The molecule has 3 aromatic carbocycles. The third kappa shape index (κ3) is 4.45. The van der Waals surface area contributed by atoms with Crippen LogP contribution < -0.4 is 5.73 Å². The van der Waals surface area contributed by atoms with Crippen LogP contribution in [0, 0.1) is 0 Å². The molecule has 2 nitrogen and oxygen atoms in total. The molecule has 0 bridgehead atoms. The Morgan fingerprint density at radius 1 is 0.708 bits per heavy atom. The van der Waals surface area contributed by atoms with Crippen LogP contribution in [0.2, 0.25) is 0 Å². The Morgan fingerprint density at radius 3 is 1.79 bits per heavy atom. The molecular weight excluding hydrogens is 318 g/mol. The predicted molar refractivity (Wildman–Crippen MR) is 102 cm³/mol. The molecule has 0 heterocycles. The van der Waals surface area contributed by atoms with Crippen molar-refractivity contribution in [2.75, 3.05) is 0 Å². The van der Waals surface area contributed by atoms with Gasteiger partial charge in [-0.2, -0.15) is 0 Å². The molecular formula is C21H22ClNO. The van der Waals surface area contributed by atoms with Crippen LogP contribution in [-0.2, 0) is 6.42 Å². The number of rotatable bonds is 5. The van der Waals surface area contributed by atoms with Gasteiger partial charge in [-0.25, -0.2) is 0 Å². The van der Waals surface area contributed by atoms with E-state index < -0.39 is 6.10 Å². The molecule has 0 aliphatic heterocycles. The number of nitrogens with two attached hydrogens (primary N) is 1. The van der Waals surface area contributed by atoms with Gasteiger partial charge in [-0.3, -0.25) is 0 Å². The van der Waals surface area contributed by atoms with Gasteiger partial charge in [-0.1, -0.05) is 84.9 Å². The summed E-state index contributed by atoms with van der Waals surface area (Å²) in [4.78, 5) is 0. The molecule has 0 saturated carbocycles. The van der Waals surface area contributed by atoms with Crippen LogP contribution in [0.1, 0.15) is 17.2 Å². The molecule has 0 aliphatic rings. The second-order valence-electron chi connectivity index (χ2n) is 5.77. The lowest BCUT2D eigenvalue weighted by Gasteiger charge is -2.19. The van der Waals surface area contributed by atoms with E-state index in [0.29, 0.717) is 6.42 Å². The molecule has 3 rings (SSSR count). The summed E-state index contributed by atoms with van der Waals surface area (Å²) in [6, 6.07) is 27.9. The molecule has 0 unspecified atom stereocenters. The minimum absolute atomic E-state index is 0. The molecule has 3 heteroatoms. The van der Waals surface area contributed by atoms with Crippen LogP contribution in [0.3, 0.4) is 0 Å². The van der Waals surface area contributed by atoms with Crippen LogP contribution >= 0.6 is 12.4 Å². The van der Waals surface area contributed by atoms with E-state index in [2.05, 4.69) is 24.3 Å². The summed E-state index contributed by atoms with van der Waals surface area (Å²) in [6.45, 7) is 0. The third-order valence-corrected chi connectivity index (χ3v) is 4.10. The first-order valence-corrected chi connectivity index (χ1v) is 7.87. The second kappa shape index (κ2) is 8.65. The standard InChI is InChI=1S/C21H21NO.ClH/c22-21(20(23)15-16-7-3-1-4-8-16)19-13-11-18(12-14-19)17-9-5-2-6-10-17;/h1-14,20-21,23H,15,22H2;1H/t20-,21+;/m0./s1. The second-order valence-corrected chi connectivity index (χ2v) is 5.77. The van der Waals surface area contributed by atoms with Crippen molar-refractivity contribution in [3.8, 4) is 11.1 Å². The van der Waals surface area contributed by atoms with Crippen molar-refractivity contribution in [3.05, 3.63) is 96.1 Å². The van der Waals surface area contributed by atoms with Gasteiger partial charge in [0.05, 0.1) is 12.1 Å². The van der Waals surface area contributed by atoms with Crippen LogP contribution in [0.25, 0.3) is 11.1 Å². The molecule has 0 amide bonds. The summed E-state index contributed by atoms with van der Waals surface area (Å²) < 4.78 is 0. The van der Waals surface area contributed by atoms with Gasteiger partial charge in [0, 0.05) is 6.42 Å². The Morgan fingerprint density at radius 2 is 1.21 bits per heavy atom. The Balaban J connectivity index is 0.00000208. The van der Waals surface area contributed by atoms with Crippen molar-refractivity contribution in [3.63, 3.8) is 0 Å². The van der Waals surface area contributed by atoms with E-state index in [4.69, 9.17) is 5.73 Å². The number of hydrogen-bond acceptors (Lipinski definition) is 2. The summed E-state index contributed by atoms with van der Waals surface area (Å²) >= 11 is 0. The quantitative estimate of drug-likeness (QED) is 0.724. The number of aliphatic hydroxyl groups excluding tert-OH is 1. The van der Waals surface area contributed by atoms with Gasteiger partial charge < -0.3 is 10.8 Å². The highest BCUT2D eigenvalue weighted by Crippen LogP contribution is 2.23. The van der Waals surface area contributed by atoms with Gasteiger partial charge >= 0.3 is 0 Å². The van der Waals surface area contributed by atoms with Crippen molar-refractivity contribution in [2.24, 2.45) is 5.73 Å². The lowest BCUT2D eigenvalue weighted by atomic mass is 9.95. The molecule has 0 saturated heterocycles. The van der Waals surface area contributed by atoms with Gasteiger partial charge in [0.2, 0.25) is 0 Å². The Labute approximate surface area is 149 Å². The van der Waals surface area contributed by atoms with Crippen molar-refractivity contribution < 1.29 is 5.11 Å². The fourth-order valence-electron chi connectivity index (χ4n) is 2.73. The van der Waals surface area contributed by atoms with E-state index in [-0.39, 0.29) is 18.4 Å². The summed E-state index contributed by atoms with van der Waals surface area (Å²) in [7, 11) is 0. The normalized spacial score (nSPS) is 12.9. The van der Waals surface area contributed by atoms with E-state index in [9.17, 15) is 5.11 Å². The molecule has 0 fully saturated rings. The van der Waals surface area contributed by atoms with Crippen LogP contribution in [0.15, 0.2) is 84.9 Å². The molecule has 24 heavy (non-hydrogen) atoms. The van der Waals surface area contributed by atoms with Crippen molar-refractivity contribution in [1.29, 1.82) is 0 Å². The minimum atomic E-state index is -0.597. The highest BCUT2D eigenvalue weighted by molar-refractivity contribution is 5.85. The maximum Gasteiger partial charge on any atom is 0.0773 e. The molecule has 2 atom stereocenters. The van der Waals surface area contributed by atoms with Gasteiger partial charge in [-0.05, 0) is 22.3 Å². The Kier molecular flexibility index (Phi) is 6.56. The van der Waals surface area contributed by atoms with Crippen LogP contribution in [0.4, 0.5) is 0 Å². The number of benzene rings is 3. The van der Waals surface area contributed by atoms with Crippen molar-refractivity contribution >= 4 is 12.4 Å². The highest BCUT2D eigenvalue weighted by atomic mass is 35.5. The zero-order valence-corrected chi connectivity index (χ0v) is 14.2. The third-order valence-electron chi connectivity index (χ3n) is 4.10. The lowest BCUT2D eigenvalue weighted by molar-refractivity contribution is 0.145. The van der Waals surface area contributed by atoms with Gasteiger partial charge in [0.25, 0.3) is 0 Å². The maximum atomic E-state index is 10.4. The van der Waals surface area contributed by atoms with Gasteiger partial charge in [-0.15, -0.1) is 12.4 Å². The fraction of sp³-hybridized carbons (Fsp3) is 0.143. The van der Waals surface area contributed by atoms with E-state index >= 15 is 0 Å². The molecule has 3 N–H and O–H groups in total. The average Bonchev–Trinajstić information content (AvgIpc) is 2.63. The summed E-state index contributed by atoms with van der Waals surface area (Å²) in [5.74, 6) is 0. The summed E-state index contributed by atoms with van der Waals surface area (Å²) in [5, 5.41) is 10.4. The molecule has 0 spiro atoms. The molecule has 0 aliphatic carbocycles. The largest absolute Gasteiger partial charge is 0.391 e. The van der Waals surface area contributed by atoms with Crippen LogP contribution in [0.5, 0.6) is 0 Å². The Bertz CT molecular complexity index is 729. The maximum absolute atomic E-state index is 10.4. The first kappa shape index (κ1) is 18.2.